The van der Waals surface area contributed by atoms with Crippen LogP contribution in [0.15, 0.2) is 48.5 Å². The Hall–Kier alpha value is -2.08. The highest BCUT2D eigenvalue weighted by Crippen LogP contribution is 2.28. The summed E-state index contributed by atoms with van der Waals surface area (Å²) < 4.78 is 43.2. The average Bonchev–Trinajstić information content (AvgIpc) is 2.55. The van der Waals surface area contributed by atoms with Crippen LogP contribution in [0.25, 0.3) is 0 Å². The fraction of sp³-hybridized carbons (Fsp3) is 0.421. The molecule has 25 heavy (non-hydrogen) atoms. The van der Waals surface area contributed by atoms with Crippen molar-refractivity contribution in [3.63, 3.8) is 0 Å². The van der Waals surface area contributed by atoms with E-state index in [1.807, 2.05) is 25.2 Å². The number of hydrogen-bond donors (Lipinski definition) is 0. The fourth-order valence-corrected chi connectivity index (χ4v) is 2.66. The van der Waals surface area contributed by atoms with Crippen LogP contribution >= 0.6 is 0 Å². The summed E-state index contributed by atoms with van der Waals surface area (Å²) in [6.45, 7) is 3.98. The Morgan fingerprint density at radius 1 is 1.08 bits per heavy atom. The molecule has 6 heteroatoms. The molecule has 0 aliphatic heterocycles. The molecule has 1 atom stereocenters. The minimum absolute atomic E-state index is 0.000518. The van der Waals surface area contributed by atoms with Gasteiger partial charge in [0.2, 0.25) is 5.88 Å². The molecule has 1 heterocycles. The van der Waals surface area contributed by atoms with Crippen LogP contribution < -0.4 is 4.74 Å². The molecule has 1 aromatic heterocycles. The molecule has 0 N–H and O–H groups in total. The summed E-state index contributed by atoms with van der Waals surface area (Å²) in [4.78, 5) is 5.60. The van der Waals surface area contributed by atoms with Crippen LogP contribution in [0.4, 0.5) is 13.2 Å². The van der Waals surface area contributed by atoms with Gasteiger partial charge < -0.3 is 9.64 Å². The monoisotopic (exact) mass is 352 g/mol. The zero-order valence-electron chi connectivity index (χ0n) is 14.5. The molecule has 0 fully saturated rings. The van der Waals surface area contributed by atoms with E-state index in [4.69, 9.17) is 4.74 Å². The van der Waals surface area contributed by atoms with Crippen LogP contribution in [0.5, 0.6) is 5.88 Å². The molecule has 0 aliphatic rings. The van der Waals surface area contributed by atoms with Gasteiger partial charge in [-0.15, -0.1) is 0 Å². The van der Waals surface area contributed by atoms with Gasteiger partial charge in [-0.25, -0.2) is 4.98 Å². The predicted molar refractivity (Wildman–Crippen MR) is 91.5 cm³/mol. The number of nitrogens with zero attached hydrogens (tertiary/aromatic N) is 2. The number of aromatic nitrogens is 1. The lowest BCUT2D eigenvalue weighted by molar-refractivity contribution is -0.141. The molecule has 0 saturated heterocycles. The largest absolute Gasteiger partial charge is 0.476 e. The lowest BCUT2D eigenvalue weighted by Crippen LogP contribution is -2.29. The van der Waals surface area contributed by atoms with Gasteiger partial charge in [0.1, 0.15) is 12.3 Å². The lowest BCUT2D eigenvalue weighted by atomic mass is 10.0. The van der Waals surface area contributed by atoms with Crippen molar-refractivity contribution in [2.75, 3.05) is 26.7 Å². The van der Waals surface area contributed by atoms with E-state index in [2.05, 4.69) is 28.9 Å². The minimum Gasteiger partial charge on any atom is -0.476 e. The van der Waals surface area contributed by atoms with Crippen LogP contribution in [-0.4, -0.2) is 36.6 Å². The van der Waals surface area contributed by atoms with Crippen molar-refractivity contribution < 1.29 is 17.9 Å². The topological polar surface area (TPSA) is 25.4 Å². The molecule has 2 rings (SSSR count). The maximum atomic E-state index is 12.6. The van der Waals surface area contributed by atoms with Crippen molar-refractivity contribution in [2.24, 2.45) is 5.92 Å². The Bertz CT molecular complexity index is 647. The molecule has 3 nitrogen and oxygen atoms in total. The second-order valence-electron chi connectivity index (χ2n) is 6.26. The number of pyridine rings is 1. The molecular formula is C19H23F3N2O. The van der Waals surface area contributed by atoms with Gasteiger partial charge in [-0.05, 0) is 31.0 Å². The molecule has 0 bridgehead atoms. The van der Waals surface area contributed by atoms with Crippen molar-refractivity contribution in [3.8, 4) is 5.88 Å². The zero-order chi connectivity index (χ0) is 18.3. The molecule has 0 amide bonds. The predicted octanol–water partition coefficient (Wildman–Crippen LogP) is 4.29. The first-order valence-electron chi connectivity index (χ1n) is 8.24. The van der Waals surface area contributed by atoms with Crippen molar-refractivity contribution >= 4 is 0 Å². The Kier molecular flexibility index (Phi) is 6.82. The minimum atomic E-state index is -4.46. The van der Waals surface area contributed by atoms with Crippen molar-refractivity contribution in [2.45, 2.75) is 19.5 Å². The molecule has 0 spiro atoms. The Labute approximate surface area is 146 Å². The van der Waals surface area contributed by atoms with Gasteiger partial charge in [-0.2, -0.15) is 13.2 Å². The molecule has 0 saturated carbocycles. The van der Waals surface area contributed by atoms with Crippen LogP contribution in [0, 0.1) is 5.92 Å². The van der Waals surface area contributed by atoms with E-state index in [1.54, 1.807) is 0 Å². The molecule has 1 aromatic carbocycles. The summed E-state index contributed by atoms with van der Waals surface area (Å²) in [5, 5.41) is 0. The number of hydrogen-bond acceptors (Lipinski definition) is 3. The van der Waals surface area contributed by atoms with Crippen molar-refractivity contribution in [1.82, 2.24) is 9.88 Å². The van der Waals surface area contributed by atoms with Crippen LogP contribution in [0.3, 0.4) is 0 Å². The summed E-state index contributed by atoms with van der Waals surface area (Å²) >= 11 is 0. The number of alkyl halides is 3. The summed E-state index contributed by atoms with van der Waals surface area (Å²) in [5.41, 5.74) is 0.364. The second-order valence-corrected chi connectivity index (χ2v) is 6.26. The first-order chi connectivity index (χ1) is 11.8. The zero-order valence-corrected chi connectivity index (χ0v) is 14.5. The van der Waals surface area contributed by atoms with Crippen LogP contribution in [0.1, 0.15) is 18.2 Å². The number of ether oxygens (including phenoxy) is 1. The van der Waals surface area contributed by atoms with E-state index >= 15 is 0 Å². The first kappa shape index (κ1) is 19.2. The first-order valence-corrected chi connectivity index (χ1v) is 8.24. The van der Waals surface area contributed by atoms with Gasteiger partial charge >= 0.3 is 6.18 Å². The van der Waals surface area contributed by atoms with Gasteiger partial charge in [0.25, 0.3) is 0 Å². The van der Waals surface area contributed by atoms with Gasteiger partial charge in [-0.3, -0.25) is 0 Å². The third kappa shape index (κ3) is 6.74. The SMILES string of the molecule is C[C@@H](Cc1ccccc1)CN(C)CCOc1cccc(C(F)(F)F)n1. The highest BCUT2D eigenvalue weighted by molar-refractivity contribution is 5.17. The highest BCUT2D eigenvalue weighted by Gasteiger charge is 2.32. The maximum Gasteiger partial charge on any atom is 0.433 e. The Morgan fingerprint density at radius 2 is 1.80 bits per heavy atom. The number of benzene rings is 1. The second kappa shape index (κ2) is 8.85. The normalized spacial score (nSPS) is 13.0. The lowest BCUT2D eigenvalue weighted by Gasteiger charge is -2.21. The third-order valence-electron chi connectivity index (χ3n) is 3.79. The molecule has 0 radical (unpaired) electrons. The fourth-order valence-electron chi connectivity index (χ4n) is 2.66. The Morgan fingerprint density at radius 3 is 2.48 bits per heavy atom. The smallest absolute Gasteiger partial charge is 0.433 e. The van der Waals surface area contributed by atoms with Gasteiger partial charge in [0.15, 0.2) is 0 Å². The van der Waals surface area contributed by atoms with E-state index in [9.17, 15) is 13.2 Å². The van der Waals surface area contributed by atoms with E-state index in [0.29, 0.717) is 19.1 Å². The summed E-state index contributed by atoms with van der Waals surface area (Å²) in [6.07, 6.45) is -3.47. The molecule has 136 valence electrons. The van der Waals surface area contributed by atoms with Gasteiger partial charge in [-0.1, -0.05) is 43.3 Å². The number of rotatable bonds is 8. The quantitative estimate of drug-likeness (QED) is 0.709. The standard InChI is InChI=1S/C19H23F3N2O/c1-15(13-16-7-4-3-5-8-16)14-24(2)11-12-25-18-10-6-9-17(23-18)19(20,21)22/h3-10,15H,11-14H2,1-2H3/t15-/m0/s1. The van der Waals surface area contributed by atoms with E-state index in [-0.39, 0.29) is 5.88 Å². The number of likely N-dealkylation sites (N-methyl/N-ethyl adjacent to an activating group) is 1. The third-order valence-corrected chi connectivity index (χ3v) is 3.79. The molecule has 0 aliphatic carbocycles. The maximum absolute atomic E-state index is 12.6. The van der Waals surface area contributed by atoms with E-state index < -0.39 is 11.9 Å². The molecule has 0 unspecified atom stereocenters. The van der Waals surface area contributed by atoms with Crippen molar-refractivity contribution in [1.29, 1.82) is 0 Å². The molecule has 2 aromatic rings. The number of halogens is 3. The van der Waals surface area contributed by atoms with Gasteiger partial charge in [0, 0.05) is 19.2 Å². The Balaban J connectivity index is 1.74. The van der Waals surface area contributed by atoms with Gasteiger partial charge in [0.05, 0.1) is 0 Å². The van der Waals surface area contributed by atoms with E-state index in [0.717, 1.165) is 19.0 Å². The highest BCUT2D eigenvalue weighted by atomic mass is 19.4. The van der Waals surface area contributed by atoms with Crippen molar-refractivity contribution in [3.05, 3.63) is 59.8 Å². The van der Waals surface area contributed by atoms with Crippen LogP contribution in [-0.2, 0) is 12.6 Å². The summed E-state index contributed by atoms with van der Waals surface area (Å²) in [5.74, 6) is 0.472. The summed E-state index contributed by atoms with van der Waals surface area (Å²) in [6, 6.07) is 14.0. The average molecular weight is 352 g/mol. The van der Waals surface area contributed by atoms with E-state index in [1.165, 1.54) is 17.7 Å². The van der Waals surface area contributed by atoms with Crippen LogP contribution in [0.2, 0.25) is 0 Å². The summed E-state index contributed by atoms with van der Waals surface area (Å²) in [7, 11) is 1.98. The molecular weight excluding hydrogens is 329 g/mol.